The Labute approximate surface area is 148 Å². The second-order valence-electron chi connectivity index (χ2n) is 6.20. The Morgan fingerprint density at radius 2 is 1.64 bits per heavy atom. The minimum Gasteiger partial charge on any atom is -0.347 e. The summed E-state index contributed by atoms with van der Waals surface area (Å²) >= 11 is 0. The molecule has 4 nitrogen and oxygen atoms in total. The molecular formula is C21H23NO3. The largest absolute Gasteiger partial charge is 0.347 e. The topological polar surface area (TPSA) is 47.6 Å². The number of carbonyl (C=O) groups is 1. The summed E-state index contributed by atoms with van der Waals surface area (Å²) in [5.74, 6) is -0.112. The Morgan fingerprint density at radius 1 is 1.04 bits per heavy atom. The first kappa shape index (κ1) is 17.4. The monoisotopic (exact) mass is 337 g/mol. The molecule has 1 amide bonds. The fourth-order valence-electron chi connectivity index (χ4n) is 2.77. The number of rotatable bonds is 4. The average Bonchev–Trinajstić information content (AvgIpc) is 2.65. The van der Waals surface area contributed by atoms with Gasteiger partial charge in [0.1, 0.15) is 0 Å². The Morgan fingerprint density at radius 3 is 2.24 bits per heavy atom. The maximum Gasteiger partial charge on any atom is 0.251 e. The van der Waals surface area contributed by atoms with E-state index in [0.717, 1.165) is 11.1 Å². The fraction of sp³-hybridized carbons (Fsp3) is 0.286. The van der Waals surface area contributed by atoms with Crippen molar-refractivity contribution in [1.29, 1.82) is 0 Å². The molecule has 3 atom stereocenters. The van der Waals surface area contributed by atoms with Crippen LogP contribution in [-0.2, 0) is 9.47 Å². The standard InChI is InChI=1S/C21H23NO3/c1-15(17-9-5-3-6-10-17)13-20-24-14-19(16(2)25-20)22-21(23)18-11-7-4-8-12-18/h3-13,16,19-20H,14H2,1-2H3,(H,22,23). The van der Waals surface area contributed by atoms with E-state index in [-0.39, 0.29) is 18.1 Å². The first-order valence-corrected chi connectivity index (χ1v) is 8.50. The number of hydrogen-bond donors (Lipinski definition) is 1. The van der Waals surface area contributed by atoms with Crippen LogP contribution in [-0.4, -0.2) is 30.9 Å². The van der Waals surface area contributed by atoms with Crippen LogP contribution in [0.25, 0.3) is 5.57 Å². The van der Waals surface area contributed by atoms with E-state index >= 15 is 0 Å². The maximum atomic E-state index is 12.3. The minimum absolute atomic E-state index is 0.112. The van der Waals surface area contributed by atoms with E-state index in [9.17, 15) is 4.79 Å². The summed E-state index contributed by atoms with van der Waals surface area (Å²) in [5, 5.41) is 2.98. The molecule has 2 aromatic rings. The lowest BCUT2D eigenvalue weighted by Gasteiger charge is -2.34. The number of benzene rings is 2. The molecule has 1 heterocycles. The van der Waals surface area contributed by atoms with Gasteiger partial charge in [0.25, 0.3) is 5.91 Å². The van der Waals surface area contributed by atoms with E-state index in [4.69, 9.17) is 9.47 Å². The average molecular weight is 337 g/mol. The van der Waals surface area contributed by atoms with E-state index < -0.39 is 6.29 Å². The Kier molecular flexibility index (Phi) is 5.64. The van der Waals surface area contributed by atoms with Crippen molar-refractivity contribution in [3.63, 3.8) is 0 Å². The SMILES string of the molecule is CC(=CC1OCC(NC(=O)c2ccccc2)C(C)O1)c1ccccc1. The van der Waals surface area contributed by atoms with E-state index in [0.29, 0.717) is 12.2 Å². The summed E-state index contributed by atoms with van der Waals surface area (Å²) in [6.07, 6.45) is 1.44. The van der Waals surface area contributed by atoms with Crippen LogP contribution in [0.15, 0.2) is 66.7 Å². The molecule has 1 N–H and O–H groups in total. The fourth-order valence-corrected chi connectivity index (χ4v) is 2.77. The Hall–Kier alpha value is -2.43. The molecule has 1 saturated heterocycles. The molecule has 0 aliphatic carbocycles. The van der Waals surface area contributed by atoms with Gasteiger partial charge in [-0.15, -0.1) is 0 Å². The van der Waals surface area contributed by atoms with Gasteiger partial charge in [0.15, 0.2) is 6.29 Å². The third kappa shape index (κ3) is 4.56. The summed E-state index contributed by atoms with van der Waals surface area (Å²) in [4.78, 5) is 12.3. The molecule has 130 valence electrons. The van der Waals surface area contributed by atoms with Crippen molar-refractivity contribution < 1.29 is 14.3 Å². The first-order chi connectivity index (χ1) is 12.1. The van der Waals surface area contributed by atoms with Gasteiger partial charge in [0.05, 0.1) is 18.8 Å². The molecule has 2 aromatic carbocycles. The molecule has 0 radical (unpaired) electrons. The normalized spacial score (nSPS) is 23.9. The highest BCUT2D eigenvalue weighted by atomic mass is 16.7. The Balaban J connectivity index is 1.58. The van der Waals surface area contributed by atoms with Gasteiger partial charge in [-0.1, -0.05) is 48.5 Å². The predicted octanol–water partition coefficient (Wildman–Crippen LogP) is 3.65. The molecule has 0 saturated carbocycles. The molecular weight excluding hydrogens is 314 g/mol. The third-order valence-electron chi connectivity index (χ3n) is 4.32. The summed E-state index contributed by atoms with van der Waals surface area (Å²) in [6, 6.07) is 19.1. The van der Waals surface area contributed by atoms with Crippen molar-refractivity contribution in [2.45, 2.75) is 32.3 Å². The second-order valence-corrected chi connectivity index (χ2v) is 6.20. The quantitative estimate of drug-likeness (QED) is 0.926. The molecule has 4 heteroatoms. The lowest BCUT2D eigenvalue weighted by Crippen LogP contribution is -2.51. The van der Waals surface area contributed by atoms with E-state index in [1.807, 2.05) is 56.3 Å². The summed E-state index contributed by atoms with van der Waals surface area (Å²) in [7, 11) is 0. The molecule has 3 unspecified atom stereocenters. The van der Waals surface area contributed by atoms with Crippen molar-refractivity contribution >= 4 is 11.5 Å². The van der Waals surface area contributed by atoms with Gasteiger partial charge in [-0.2, -0.15) is 0 Å². The van der Waals surface area contributed by atoms with Crippen molar-refractivity contribution in [3.05, 3.63) is 77.9 Å². The molecule has 0 aromatic heterocycles. The van der Waals surface area contributed by atoms with Crippen molar-refractivity contribution in [1.82, 2.24) is 5.32 Å². The highest BCUT2D eigenvalue weighted by Crippen LogP contribution is 2.20. The Bertz CT molecular complexity index is 727. The van der Waals surface area contributed by atoms with Gasteiger partial charge in [-0.05, 0) is 43.2 Å². The third-order valence-corrected chi connectivity index (χ3v) is 4.32. The van der Waals surface area contributed by atoms with Gasteiger partial charge >= 0.3 is 0 Å². The van der Waals surface area contributed by atoms with Crippen LogP contribution in [0.3, 0.4) is 0 Å². The lowest BCUT2D eigenvalue weighted by molar-refractivity contribution is -0.193. The van der Waals surface area contributed by atoms with E-state index in [1.54, 1.807) is 12.1 Å². The highest BCUT2D eigenvalue weighted by molar-refractivity contribution is 5.94. The highest BCUT2D eigenvalue weighted by Gasteiger charge is 2.29. The predicted molar refractivity (Wildman–Crippen MR) is 98.1 cm³/mol. The van der Waals surface area contributed by atoms with Gasteiger partial charge < -0.3 is 14.8 Å². The smallest absolute Gasteiger partial charge is 0.251 e. The van der Waals surface area contributed by atoms with Crippen LogP contribution in [0.1, 0.15) is 29.8 Å². The summed E-state index contributed by atoms with van der Waals surface area (Å²) in [6.45, 7) is 4.41. The zero-order valence-electron chi connectivity index (χ0n) is 14.5. The molecule has 1 aliphatic rings. The molecule has 0 spiro atoms. The summed E-state index contributed by atoms with van der Waals surface area (Å²) < 4.78 is 11.7. The zero-order valence-corrected chi connectivity index (χ0v) is 14.5. The number of carbonyl (C=O) groups excluding carboxylic acids is 1. The molecule has 1 fully saturated rings. The lowest BCUT2D eigenvalue weighted by atomic mass is 10.1. The van der Waals surface area contributed by atoms with Crippen molar-refractivity contribution in [2.75, 3.05) is 6.61 Å². The number of amides is 1. The minimum atomic E-state index is -0.403. The van der Waals surface area contributed by atoms with Crippen molar-refractivity contribution in [2.24, 2.45) is 0 Å². The van der Waals surface area contributed by atoms with Gasteiger partial charge in [-0.3, -0.25) is 4.79 Å². The zero-order chi connectivity index (χ0) is 17.6. The summed E-state index contributed by atoms with van der Waals surface area (Å²) in [5.41, 5.74) is 2.88. The van der Waals surface area contributed by atoms with Gasteiger partial charge in [-0.25, -0.2) is 0 Å². The van der Waals surface area contributed by atoms with Crippen molar-refractivity contribution in [3.8, 4) is 0 Å². The van der Waals surface area contributed by atoms with E-state index in [1.165, 1.54) is 0 Å². The van der Waals surface area contributed by atoms with Crippen LogP contribution in [0.2, 0.25) is 0 Å². The first-order valence-electron chi connectivity index (χ1n) is 8.50. The second kappa shape index (κ2) is 8.10. The van der Waals surface area contributed by atoms with Gasteiger partial charge in [0.2, 0.25) is 0 Å². The maximum absolute atomic E-state index is 12.3. The number of hydrogen-bond acceptors (Lipinski definition) is 3. The number of allylic oxidation sites excluding steroid dienone is 1. The number of nitrogens with one attached hydrogen (secondary N) is 1. The van der Waals surface area contributed by atoms with Crippen LogP contribution in [0.4, 0.5) is 0 Å². The van der Waals surface area contributed by atoms with Crippen LogP contribution in [0, 0.1) is 0 Å². The van der Waals surface area contributed by atoms with Crippen LogP contribution < -0.4 is 5.32 Å². The molecule has 0 bridgehead atoms. The van der Waals surface area contributed by atoms with E-state index in [2.05, 4.69) is 17.4 Å². The molecule has 3 rings (SSSR count). The molecule has 1 aliphatic heterocycles. The number of ether oxygens (including phenoxy) is 2. The van der Waals surface area contributed by atoms with Crippen LogP contribution >= 0.6 is 0 Å². The molecule has 25 heavy (non-hydrogen) atoms. The van der Waals surface area contributed by atoms with Crippen LogP contribution in [0.5, 0.6) is 0 Å². The van der Waals surface area contributed by atoms with Gasteiger partial charge in [0, 0.05) is 5.56 Å².